The van der Waals surface area contributed by atoms with Crippen molar-refractivity contribution in [1.29, 1.82) is 0 Å². The SMILES string of the molecule is C=C(C(O)C[C@@H]1O[C@H](C[C@H](C)CC)[C@H](OC)[C@H]1CS(=O)(=O)c1ccccc1)[C@H](C)C[C@H](C)CC[C@@H]1O[C@@H](CCCOC(=O)C(C)(C)C)CC1=C.C=C1C(C[C@@H]2O[C@H](C[C@H](C)CC)[C@H](OC)[C@H]2CS(=O)(=O)c2ccccc2)OC(CC[C@@H]2O[C@@H](CCCOC(=O)C(C)(C)C)CC2=C)C[C@H]1C.C=C1C[C@H](CCCOC(=O)C(C)(C)C)O[C@H]1CCC1C[C@@H](C)C(=C)[C@@H](C[C@@H]2O[C@H](C[C@H](C)CC)[C@H](OC)[C@H]2CS(=O)(=O)c2ccccc2)O1. The van der Waals surface area contributed by atoms with E-state index in [-0.39, 0.29) is 186 Å². The molecule has 8 aliphatic rings. The summed E-state index contributed by atoms with van der Waals surface area (Å²) in [6, 6.07) is 25.9. The van der Waals surface area contributed by atoms with E-state index in [9.17, 15) is 44.7 Å². The van der Waals surface area contributed by atoms with Crippen LogP contribution in [-0.4, -0.2) is 229 Å². The Morgan fingerprint density at radius 3 is 0.973 bits per heavy atom. The molecule has 8 aliphatic heterocycles. The predicted octanol–water partition coefficient (Wildman–Crippen LogP) is 23.9. The second-order valence-electron chi connectivity index (χ2n) is 47.9. The molecule has 8 heterocycles. The number of carbonyl (C=O) groups is 3. The molecule has 0 saturated carbocycles. The van der Waals surface area contributed by atoms with E-state index in [0.29, 0.717) is 66.1 Å². The summed E-state index contributed by atoms with van der Waals surface area (Å²) in [6.45, 7) is 65.8. The summed E-state index contributed by atoms with van der Waals surface area (Å²) >= 11 is 0. The minimum atomic E-state index is -3.60. The maximum absolute atomic E-state index is 13.6. The standard InChI is InChI=1S/C41H66O8S.2C40H62O8S/c1-11-27(2)23-38-39(46-10)34(26-50(44,45)33-17-13-12-14-18-33)37(49-38)25-35(42)31(6)29(4)22-28(3)19-20-36-30(5)24-32(48-36)16-15-21-47-40(43)41(7,8)9;2*1-10-26(2)21-37-38(44-9)33(25-49(42,43)32-16-12-11-13-17-32)36(48-37)24-35-29(5)27(3)22-31(47-35)18-19-34-28(4)23-30(46-34)15-14-20-45-39(41)40(6,7)8/h12-14,17-18,27-29,32,34-39,42H,5-6,11,15-16,19-26H2,1-4,7-10H3;2*11-13,16-17,26-27,30-31,33-38H,4-5,10,14-15,18-25H2,1-3,6-9H3/t27-,28-,29-,32+,34+,35?,36+,37+,38-,39-;26-,27-,30+,31?,33+,34+,35?,36+,37-,38-;26-,27-,30+,31?,33+,34+,35-,36+,37-,38-/m111/s1. The third-order valence-electron chi connectivity index (χ3n) is 32.3. The van der Waals surface area contributed by atoms with Crippen molar-refractivity contribution in [2.24, 2.45) is 75.4 Å². The molecule has 8 fully saturated rings. The van der Waals surface area contributed by atoms with E-state index in [0.717, 1.165) is 188 Å². The van der Waals surface area contributed by atoms with Crippen molar-refractivity contribution in [2.75, 3.05) is 58.4 Å². The maximum Gasteiger partial charge on any atom is 0.311 e. The average molecular weight is 2130 g/mol. The fourth-order valence-corrected chi connectivity index (χ4v) is 27.3. The Balaban J connectivity index is 0.000000247. The first-order chi connectivity index (χ1) is 69.7. The Bertz CT molecular complexity index is 4820. The number of rotatable bonds is 52. The molecular formula is C121H190O24S3. The van der Waals surface area contributed by atoms with Crippen LogP contribution in [0, 0.1) is 75.4 Å². The molecule has 3 aromatic rings. The van der Waals surface area contributed by atoms with Gasteiger partial charge in [-0.2, -0.15) is 0 Å². The van der Waals surface area contributed by atoms with Gasteiger partial charge in [0.05, 0.1) is 190 Å². The number of sulfone groups is 3. The molecule has 0 aliphatic carbocycles. The predicted molar refractivity (Wildman–Crippen MR) is 586 cm³/mol. The van der Waals surface area contributed by atoms with Crippen molar-refractivity contribution < 1.29 is 111 Å². The lowest BCUT2D eigenvalue weighted by Gasteiger charge is -2.38. The highest BCUT2D eigenvalue weighted by atomic mass is 32.2. The summed E-state index contributed by atoms with van der Waals surface area (Å²) in [5, 5.41) is 11.5. The fraction of sp³-hybridized carbons (Fsp3) is 0.727. The van der Waals surface area contributed by atoms with Gasteiger partial charge < -0.3 is 71.4 Å². The number of benzene rings is 3. The highest BCUT2D eigenvalue weighted by Crippen LogP contribution is 2.47. The van der Waals surface area contributed by atoms with E-state index in [1.807, 2.05) is 74.4 Å². The Morgan fingerprint density at radius 2 is 0.676 bits per heavy atom. The molecule has 836 valence electrons. The fourth-order valence-electron chi connectivity index (χ4n) is 22.3. The zero-order valence-electron chi connectivity index (χ0n) is 94.1. The van der Waals surface area contributed by atoms with E-state index in [2.05, 4.69) is 109 Å². The van der Waals surface area contributed by atoms with E-state index >= 15 is 0 Å². The largest absolute Gasteiger partial charge is 0.465 e. The summed E-state index contributed by atoms with van der Waals surface area (Å²) in [7, 11) is -5.77. The van der Waals surface area contributed by atoms with Gasteiger partial charge in [0, 0.05) is 58.3 Å². The Hall–Kier alpha value is -6.12. The normalized spacial score (nSPS) is 30.0. The lowest BCUT2D eigenvalue weighted by molar-refractivity contribution is -0.154. The second-order valence-corrected chi connectivity index (χ2v) is 54.0. The van der Waals surface area contributed by atoms with Gasteiger partial charge in [-0.05, 0) is 308 Å². The van der Waals surface area contributed by atoms with Crippen LogP contribution in [0.5, 0.6) is 0 Å². The Morgan fingerprint density at radius 1 is 0.385 bits per heavy atom. The van der Waals surface area contributed by atoms with Crippen LogP contribution in [0.4, 0.5) is 0 Å². The van der Waals surface area contributed by atoms with Crippen molar-refractivity contribution in [3.8, 4) is 0 Å². The molecule has 30 atom stereocenters. The van der Waals surface area contributed by atoms with Crippen molar-refractivity contribution in [3.05, 3.63) is 164 Å². The average Bonchev–Trinajstić information content (AvgIpc) is 1.68. The van der Waals surface area contributed by atoms with Crippen LogP contribution in [0.1, 0.15) is 305 Å². The van der Waals surface area contributed by atoms with E-state index in [4.69, 9.17) is 66.3 Å². The molecular weight excluding hydrogens is 1930 g/mol. The van der Waals surface area contributed by atoms with Crippen LogP contribution in [0.2, 0.25) is 0 Å². The molecule has 0 radical (unpaired) electrons. The molecule has 0 amide bonds. The molecule has 8 saturated heterocycles. The highest BCUT2D eigenvalue weighted by Gasteiger charge is 2.53. The molecule has 1 N–H and O–H groups in total. The molecule has 3 aromatic carbocycles. The lowest BCUT2D eigenvalue weighted by atomic mass is 9.83. The van der Waals surface area contributed by atoms with E-state index in [1.54, 1.807) is 100 Å². The summed E-state index contributed by atoms with van der Waals surface area (Å²) < 4.78 is 168. The van der Waals surface area contributed by atoms with Gasteiger partial charge in [-0.25, -0.2) is 25.3 Å². The van der Waals surface area contributed by atoms with Gasteiger partial charge in [-0.3, -0.25) is 14.4 Å². The first-order valence-electron chi connectivity index (χ1n) is 55.7. The molecule has 4 unspecified atom stereocenters. The third kappa shape index (κ3) is 37.3. The lowest BCUT2D eigenvalue weighted by Crippen LogP contribution is -2.40. The van der Waals surface area contributed by atoms with Crippen LogP contribution in [0.15, 0.2) is 179 Å². The summed E-state index contributed by atoms with van der Waals surface area (Å²) in [6.07, 6.45) is 18.1. The monoisotopic (exact) mass is 2120 g/mol. The van der Waals surface area contributed by atoms with E-state index in [1.165, 1.54) is 0 Å². The smallest absolute Gasteiger partial charge is 0.311 e. The van der Waals surface area contributed by atoms with Gasteiger partial charge in [0.25, 0.3) is 0 Å². The van der Waals surface area contributed by atoms with Crippen molar-refractivity contribution >= 4 is 47.4 Å². The number of ether oxygens (including phenoxy) is 14. The van der Waals surface area contributed by atoms with Crippen molar-refractivity contribution in [2.45, 2.75) is 442 Å². The van der Waals surface area contributed by atoms with Crippen LogP contribution in [-0.2, 0) is 110 Å². The third-order valence-corrected chi connectivity index (χ3v) is 37.7. The number of aliphatic hydroxyl groups is 1. The van der Waals surface area contributed by atoms with Gasteiger partial charge in [-0.15, -0.1) is 0 Å². The number of methoxy groups -OCH3 is 3. The maximum atomic E-state index is 13.6. The van der Waals surface area contributed by atoms with Gasteiger partial charge in [-0.1, -0.05) is 183 Å². The van der Waals surface area contributed by atoms with Crippen LogP contribution in [0.3, 0.4) is 0 Å². The quantitative estimate of drug-likeness (QED) is 0.0238. The Kier molecular flexibility index (Phi) is 49.2. The van der Waals surface area contributed by atoms with Gasteiger partial charge in [0.1, 0.15) is 0 Å². The van der Waals surface area contributed by atoms with Gasteiger partial charge >= 0.3 is 17.9 Å². The van der Waals surface area contributed by atoms with Crippen LogP contribution in [0.25, 0.3) is 0 Å². The number of hydrogen-bond donors (Lipinski definition) is 1. The molecule has 24 nitrogen and oxygen atoms in total. The molecule has 0 spiro atoms. The van der Waals surface area contributed by atoms with Crippen molar-refractivity contribution in [3.63, 3.8) is 0 Å². The zero-order valence-corrected chi connectivity index (χ0v) is 96.6. The summed E-state index contributed by atoms with van der Waals surface area (Å²) in [5.74, 6) is 0.409. The second kappa shape index (κ2) is 58.1. The minimum absolute atomic E-state index is 0.0147. The van der Waals surface area contributed by atoms with Gasteiger partial charge in [0.15, 0.2) is 29.5 Å². The van der Waals surface area contributed by atoms with Crippen LogP contribution < -0.4 is 0 Å². The number of carbonyl (C=O) groups excluding carboxylic acids is 3. The molecule has 148 heavy (non-hydrogen) atoms. The molecule has 11 rings (SSSR count). The molecule has 27 heteroatoms. The summed E-state index contributed by atoms with van der Waals surface area (Å²) in [5.41, 5.74) is 4.70. The van der Waals surface area contributed by atoms with Crippen molar-refractivity contribution in [1.82, 2.24) is 0 Å². The van der Waals surface area contributed by atoms with Crippen LogP contribution >= 0.6 is 0 Å². The first kappa shape index (κ1) is 125. The highest BCUT2D eigenvalue weighted by molar-refractivity contribution is 7.92. The van der Waals surface area contributed by atoms with E-state index < -0.39 is 63.9 Å². The first-order valence-corrected chi connectivity index (χ1v) is 60.6. The minimum Gasteiger partial charge on any atom is -0.465 e. The topological polar surface area (TPSA) is 303 Å². The molecule has 0 bridgehead atoms. The number of esters is 3. The number of hydrogen-bond acceptors (Lipinski definition) is 24. The summed E-state index contributed by atoms with van der Waals surface area (Å²) in [4.78, 5) is 37.1. The Labute approximate surface area is 892 Å². The molecule has 0 aromatic heterocycles. The number of aliphatic hydroxyl groups excluding tert-OH is 1. The van der Waals surface area contributed by atoms with Gasteiger partial charge in [0.2, 0.25) is 0 Å². The zero-order chi connectivity index (χ0) is 109.